The first-order chi connectivity index (χ1) is 9.08. The van der Waals surface area contributed by atoms with Crippen LogP contribution in [0.15, 0.2) is 30.5 Å². The fourth-order valence-corrected chi connectivity index (χ4v) is 2.58. The molecule has 100 valence electrons. The molecule has 20 heavy (non-hydrogen) atoms. The molecule has 0 bridgehead atoms. The second-order valence-electron chi connectivity index (χ2n) is 4.09. The zero-order valence-electron chi connectivity index (χ0n) is 10.5. The molecule has 1 aromatic carbocycles. The van der Waals surface area contributed by atoms with E-state index in [1.807, 2.05) is 6.07 Å². The minimum Gasteiger partial charge on any atom is -0.409 e. The summed E-state index contributed by atoms with van der Waals surface area (Å²) in [5.74, 6) is 0. The maximum absolute atomic E-state index is 11.0. The maximum atomic E-state index is 11.0. The normalized spacial score (nSPS) is 10.9. The van der Waals surface area contributed by atoms with Crippen LogP contribution in [0.4, 0.5) is 5.69 Å². The molecule has 0 spiro atoms. The SMILES string of the molecule is CN(c1ccc2[nH]c3nccc(Cl)c3c2c1)[S-](=O)=O.[Al+]. The first-order valence-corrected chi connectivity index (χ1v) is 6.88. The number of aromatic nitrogens is 2. The first kappa shape index (κ1) is 15.1. The predicted molar refractivity (Wildman–Crippen MR) is 81.5 cm³/mol. The van der Waals surface area contributed by atoms with Crippen molar-refractivity contribution in [2.24, 2.45) is 0 Å². The van der Waals surface area contributed by atoms with Crippen LogP contribution in [0.1, 0.15) is 0 Å². The maximum Gasteiger partial charge on any atom is 1.00 e. The number of fused-ring (bicyclic) bond motifs is 3. The Morgan fingerprint density at radius 2 is 2.05 bits per heavy atom. The van der Waals surface area contributed by atoms with E-state index in [-0.39, 0.29) is 17.4 Å². The van der Waals surface area contributed by atoms with E-state index >= 15 is 0 Å². The van der Waals surface area contributed by atoms with Crippen LogP contribution in [0.3, 0.4) is 0 Å². The molecule has 0 saturated heterocycles. The van der Waals surface area contributed by atoms with E-state index in [1.165, 1.54) is 7.05 Å². The Morgan fingerprint density at radius 1 is 1.30 bits per heavy atom. The van der Waals surface area contributed by atoms with E-state index in [0.29, 0.717) is 16.4 Å². The molecule has 2 radical (unpaired) electrons. The summed E-state index contributed by atoms with van der Waals surface area (Å²) in [5, 5.41) is 2.23. The van der Waals surface area contributed by atoms with Crippen molar-refractivity contribution in [3.63, 3.8) is 0 Å². The molecule has 0 unspecified atom stereocenters. The number of hydrogen-bond acceptors (Lipinski definition) is 4. The molecular formula is C12H9AlClN3O2S. The molecule has 0 saturated carbocycles. The molecule has 3 aromatic rings. The van der Waals surface area contributed by atoms with E-state index in [4.69, 9.17) is 11.6 Å². The summed E-state index contributed by atoms with van der Waals surface area (Å²) >= 11 is 6.18. The molecule has 0 atom stereocenters. The third kappa shape index (κ3) is 2.38. The number of halogens is 1. The Labute approximate surface area is 132 Å². The first-order valence-electron chi connectivity index (χ1n) is 5.47. The summed E-state index contributed by atoms with van der Waals surface area (Å²) in [6.07, 6.45) is 1.62. The Kier molecular flexibility index (Phi) is 4.26. The van der Waals surface area contributed by atoms with Gasteiger partial charge < -0.3 is 17.7 Å². The average molecular weight is 322 g/mol. The summed E-state index contributed by atoms with van der Waals surface area (Å²) in [5.41, 5.74) is 2.12. The van der Waals surface area contributed by atoms with Crippen molar-refractivity contribution in [2.45, 2.75) is 0 Å². The van der Waals surface area contributed by atoms with Gasteiger partial charge in [0.2, 0.25) is 0 Å². The van der Waals surface area contributed by atoms with Gasteiger partial charge in [-0.1, -0.05) is 11.6 Å². The fraction of sp³-hybridized carbons (Fsp3) is 0.0833. The number of benzene rings is 1. The Bertz CT molecular complexity index is 854. The number of anilines is 1. The second kappa shape index (κ2) is 5.62. The molecule has 5 nitrogen and oxygen atoms in total. The van der Waals surface area contributed by atoms with Crippen molar-refractivity contribution in [3.05, 3.63) is 35.5 Å². The monoisotopic (exact) mass is 321 g/mol. The van der Waals surface area contributed by atoms with Gasteiger partial charge in [0.15, 0.2) is 0 Å². The number of nitrogens with one attached hydrogen (secondary N) is 1. The van der Waals surface area contributed by atoms with Crippen LogP contribution in [-0.4, -0.2) is 34.4 Å². The van der Waals surface area contributed by atoms with Gasteiger partial charge in [-0.3, -0.25) is 0 Å². The van der Waals surface area contributed by atoms with Gasteiger partial charge in [0.1, 0.15) is 5.65 Å². The molecule has 1 N–H and O–H groups in total. The van der Waals surface area contributed by atoms with Gasteiger partial charge in [0, 0.05) is 39.1 Å². The van der Waals surface area contributed by atoms with E-state index < -0.39 is 10.9 Å². The second-order valence-corrected chi connectivity index (χ2v) is 5.47. The summed E-state index contributed by atoms with van der Waals surface area (Å²) in [7, 11) is -0.822. The number of nitrogens with zero attached hydrogens (tertiary/aromatic N) is 2. The van der Waals surface area contributed by atoms with Gasteiger partial charge in [-0.2, -0.15) is 0 Å². The van der Waals surface area contributed by atoms with Crippen molar-refractivity contribution < 1.29 is 8.42 Å². The van der Waals surface area contributed by atoms with Gasteiger partial charge in [-0.25, -0.2) is 4.98 Å². The average Bonchev–Trinajstić information content (AvgIpc) is 2.76. The summed E-state index contributed by atoms with van der Waals surface area (Å²) in [6.45, 7) is 0. The predicted octanol–water partition coefficient (Wildman–Crippen LogP) is 2.65. The van der Waals surface area contributed by atoms with Crippen molar-refractivity contribution in [2.75, 3.05) is 11.4 Å². The van der Waals surface area contributed by atoms with Crippen LogP contribution in [0.25, 0.3) is 21.9 Å². The van der Waals surface area contributed by atoms with Crippen LogP contribution in [0.2, 0.25) is 5.02 Å². The van der Waals surface area contributed by atoms with Crippen molar-refractivity contribution in [1.82, 2.24) is 9.97 Å². The minimum atomic E-state index is -2.31. The third-order valence-electron chi connectivity index (χ3n) is 3.01. The quantitative estimate of drug-likeness (QED) is 0.583. The van der Waals surface area contributed by atoms with Crippen LogP contribution in [0, 0.1) is 0 Å². The smallest absolute Gasteiger partial charge is 0.409 e. The summed E-state index contributed by atoms with van der Waals surface area (Å²) in [6, 6.07) is 7.02. The molecule has 2 aromatic heterocycles. The summed E-state index contributed by atoms with van der Waals surface area (Å²) < 4.78 is 23.1. The Balaban J connectivity index is 0.00000147. The fourth-order valence-electron chi connectivity index (χ4n) is 2.05. The number of hydrogen-bond donors (Lipinski definition) is 1. The van der Waals surface area contributed by atoms with Gasteiger partial charge in [-0.05, 0) is 31.3 Å². The van der Waals surface area contributed by atoms with Crippen LogP contribution in [-0.2, 0) is 19.3 Å². The molecule has 0 aliphatic carbocycles. The zero-order chi connectivity index (χ0) is 13.6. The standard InChI is InChI=1S/C12H9ClN3O2S.Al/c1-16(19(17)18)7-2-3-10-8(6-7)11-9(13)4-5-14-12(11)15-10;/h2-6H,1H3,(H,14,15);/q-1;+1. The number of aromatic amines is 1. The number of rotatable bonds is 2. The largest absolute Gasteiger partial charge is 1.00 e. The van der Waals surface area contributed by atoms with E-state index in [1.54, 1.807) is 24.4 Å². The van der Waals surface area contributed by atoms with Crippen molar-refractivity contribution >= 4 is 67.5 Å². The molecule has 0 aliphatic rings. The molecule has 3 rings (SSSR count). The number of pyridine rings is 1. The molecule has 0 aliphatic heterocycles. The minimum absolute atomic E-state index is 0. The molecule has 2 heterocycles. The zero-order valence-corrected chi connectivity index (χ0v) is 13.2. The van der Waals surface area contributed by atoms with Gasteiger partial charge in [0.25, 0.3) is 0 Å². The van der Waals surface area contributed by atoms with Crippen molar-refractivity contribution in [1.29, 1.82) is 0 Å². The van der Waals surface area contributed by atoms with Crippen molar-refractivity contribution in [3.8, 4) is 0 Å². The Hall–Kier alpha value is -1.26. The third-order valence-corrected chi connectivity index (χ3v) is 3.99. The van der Waals surface area contributed by atoms with Gasteiger partial charge >= 0.3 is 17.4 Å². The summed E-state index contributed by atoms with van der Waals surface area (Å²) in [4.78, 5) is 7.36. The van der Waals surface area contributed by atoms with Crippen LogP contribution < -0.4 is 4.31 Å². The van der Waals surface area contributed by atoms with Gasteiger partial charge in [0.05, 0.1) is 5.02 Å². The van der Waals surface area contributed by atoms with E-state index in [2.05, 4.69) is 9.97 Å². The topological polar surface area (TPSA) is 66.1 Å². The van der Waals surface area contributed by atoms with Gasteiger partial charge in [-0.15, -0.1) is 0 Å². The van der Waals surface area contributed by atoms with E-state index in [0.717, 1.165) is 20.6 Å². The molecule has 0 fully saturated rings. The molecule has 0 amide bonds. The Morgan fingerprint density at radius 3 is 2.75 bits per heavy atom. The molecule has 8 heteroatoms. The van der Waals surface area contributed by atoms with Crippen LogP contribution >= 0.6 is 11.6 Å². The molecular weight excluding hydrogens is 313 g/mol. The number of H-pyrrole nitrogens is 1. The van der Waals surface area contributed by atoms with Crippen LogP contribution in [0.5, 0.6) is 0 Å². The van der Waals surface area contributed by atoms with E-state index in [9.17, 15) is 8.42 Å².